The summed E-state index contributed by atoms with van der Waals surface area (Å²) >= 11 is 0. The predicted molar refractivity (Wildman–Crippen MR) is 73.2 cm³/mol. The molecule has 1 aromatic carbocycles. The van der Waals surface area contributed by atoms with Crippen LogP contribution in [0.25, 0.3) is 0 Å². The molecule has 0 atom stereocenters. The Morgan fingerprint density at radius 2 is 1.80 bits per heavy atom. The van der Waals surface area contributed by atoms with Crippen molar-refractivity contribution in [2.75, 3.05) is 38.8 Å². The van der Waals surface area contributed by atoms with E-state index in [0.29, 0.717) is 44.8 Å². The summed E-state index contributed by atoms with van der Waals surface area (Å²) in [7, 11) is 0. The monoisotopic (exact) mass is 285 g/mol. The number of nitrogens with two attached hydrogens (primary N) is 1. The van der Waals surface area contributed by atoms with Crippen molar-refractivity contribution in [2.24, 2.45) is 0 Å². The van der Waals surface area contributed by atoms with E-state index in [4.69, 9.17) is 19.9 Å². The van der Waals surface area contributed by atoms with Gasteiger partial charge < -0.3 is 24.7 Å². The first-order valence-electron chi connectivity index (χ1n) is 6.51. The van der Waals surface area contributed by atoms with Gasteiger partial charge in [0.1, 0.15) is 12.9 Å². The van der Waals surface area contributed by atoms with Crippen LogP contribution in [0.3, 0.4) is 0 Å². The largest absolute Gasteiger partial charge is 0.490 e. The number of ether oxygens (including phenoxy) is 3. The lowest BCUT2D eigenvalue weighted by Gasteiger charge is -2.08. The molecule has 0 bridgehead atoms. The van der Waals surface area contributed by atoms with Crippen LogP contribution in [0.1, 0.15) is 12.8 Å². The summed E-state index contributed by atoms with van der Waals surface area (Å²) in [6.07, 6.45) is 2.12. The number of rotatable bonds is 11. The molecule has 0 aliphatic heterocycles. The third-order valence-corrected chi connectivity index (χ3v) is 2.41. The lowest BCUT2D eigenvalue weighted by atomic mass is 10.3. The van der Waals surface area contributed by atoms with Gasteiger partial charge in [0, 0.05) is 38.0 Å². The molecule has 0 radical (unpaired) electrons. The van der Waals surface area contributed by atoms with Gasteiger partial charge in [0.15, 0.2) is 11.6 Å². The quantitative estimate of drug-likeness (QED) is 0.381. The van der Waals surface area contributed by atoms with Gasteiger partial charge in [-0.05, 0) is 18.6 Å². The molecule has 0 heterocycles. The Hall–Kier alpha value is -1.66. The topological polar surface area (TPSA) is 70.8 Å². The number of nitrogen functional groups attached to an aromatic ring is 1. The summed E-state index contributed by atoms with van der Waals surface area (Å²) < 4.78 is 28.9. The van der Waals surface area contributed by atoms with Gasteiger partial charge in [-0.3, -0.25) is 0 Å². The van der Waals surface area contributed by atoms with Gasteiger partial charge >= 0.3 is 0 Å². The zero-order chi connectivity index (χ0) is 14.6. The fraction of sp³-hybridized carbons (Fsp3) is 0.500. The number of hydrogen-bond acceptors (Lipinski definition) is 5. The number of aldehydes is 1. The summed E-state index contributed by atoms with van der Waals surface area (Å²) in [5.74, 6) is -0.264. The first kappa shape index (κ1) is 16.4. The fourth-order valence-electron chi connectivity index (χ4n) is 1.47. The molecule has 112 valence electrons. The molecule has 0 saturated heterocycles. The van der Waals surface area contributed by atoms with Crippen LogP contribution in [0.15, 0.2) is 18.2 Å². The molecule has 1 rings (SSSR count). The van der Waals surface area contributed by atoms with E-state index in [0.717, 1.165) is 6.42 Å². The molecule has 0 aromatic heterocycles. The maximum atomic E-state index is 13.4. The van der Waals surface area contributed by atoms with Crippen molar-refractivity contribution in [3.8, 4) is 5.75 Å². The van der Waals surface area contributed by atoms with Crippen LogP contribution in [0.2, 0.25) is 0 Å². The molecule has 20 heavy (non-hydrogen) atoms. The molecule has 0 unspecified atom stereocenters. The zero-order valence-electron chi connectivity index (χ0n) is 11.3. The lowest BCUT2D eigenvalue weighted by Crippen LogP contribution is -2.07. The highest BCUT2D eigenvalue weighted by Crippen LogP contribution is 2.19. The minimum atomic E-state index is -0.460. The predicted octanol–water partition coefficient (Wildman–Crippen LogP) is 1.80. The third kappa shape index (κ3) is 7.06. The van der Waals surface area contributed by atoms with Gasteiger partial charge in [0.25, 0.3) is 0 Å². The Kier molecular flexibility index (Phi) is 8.33. The standard InChI is InChI=1S/C14H20FNO4/c15-13-11-12(16)3-4-14(13)20-9-2-8-18-6-1-7-19-10-5-17/h3-5,11H,1-2,6-10,16H2. The van der Waals surface area contributed by atoms with Crippen molar-refractivity contribution in [3.63, 3.8) is 0 Å². The molecular formula is C14H20FNO4. The molecule has 0 aliphatic rings. The summed E-state index contributed by atoms with van der Waals surface area (Å²) in [4.78, 5) is 9.97. The van der Waals surface area contributed by atoms with Gasteiger partial charge in [-0.25, -0.2) is 4.39 Å². The molecular weight excluding hydrogens is 265 g/mol. The average molecular weight is 285 g/mol. The maximum Gasteiger partial charge on any atom is 0.167 e. The Balaban J connectivity index is 1.98. The van der Waals surface area contributed by atoms with E-state index in [1.807, 2.05) is 0 Å². The number of carbonyl (C=O) groups is 1. The van der Waals surface area contributed by atoms with Crippen LogP contribution in [0.4, 0.5) is 10.1 Å². The van der Waals surface area contributed by atoms with E-state index in [1.165, 1.54) is 12.1 Å². The molecule has 6 heteroatoms. The van der Waals surface area contributed by atoms with E-state index < -0.39 is 5.82 Å². The first-order valence-corrected chi connectivity index (χ1v) is 6.51. The van der Waals surface area contributed by atoms with E-state index >= 15 is 0 Å². The van der Waals surface area contributed by atoms with Crippen molar-refractivity contribution >= 4 is 12.0 Å². The molecule has 0 fully saturated rings. The SMILES string of the molecule is Nc1ccc(OCCCOCCCOCC=O)c(F)c1. The lowest BCUT2D eigenvalue weighted by molar-refractivity contribution is -0.112. The molecule has 1 aromatic rings. The molecule has 0 spiro atoms. The Labute approximate surface area is 117 Å². The fourth-order valence-corrected chi connectivity index (χ4v) is 1.47. The third-order valence-electron chi connectivity index (χ3n) is 2.41. The maximum absolute atomic E-state index is 13.4. The van der Waals surface area contributed by atoms with Crippen LogP contribution >= 0.6 is 0 Å². The van der Waals surface area contributed by atoms with E-state index in [9.17, 15) is 9.18 Å². The molecule has 5 nitrogen and oxygen atoms in total. The number of carbonyl (C=O) groups excluding carboxylic acids is 1. The number of halogens is 1. The van der Waals surface area contributed by atoms with Crippen LogP contribution in [0.5, 0.6) is 5.75 Å². The van der Waals surface area contributed by atoms with Crippen molar-refractivity contribution < 1.29 is 23.4 Å². The van der Waals surface area contributed by atoms with E-state index in [-0.39, 0.29) is 12.4 Å². The molecule has 0 amide bonds. The summed E-state index contributed by atoms with van der Waals surface area (Å²) in [5.41, 5.74) is 5.81. The second-order valence-electron chi connectivity index (χ2n) is 4.10. The van der Waals surface area contributed by atoms with E-state index in [1.54, 1.807) is 6.07 Å². The highest BCUT2D eigenvalue weighted by Gasteiger charge is 2.02. The Bertz CT molecular complexity index is 401. The Morgan fingerprint density at radius 3 is 2.50 bits per heavy atom. The molecule has 2 N–H and O–H groups in total. The number of benzene rings is 1. The normalized spacial score (nSPS) is 10.4. The van der Waals surface area contributed by atoms with E-state index in [2.05, 4.69) is 0 Å². The summed E-state index contributed by atoms with van der Waals surface area (Å²) in [5, 5.41) is 0. The molecule has 0 saturated carbocycles. The van der Waals surface area contributed by atoms with Gasteiger partial charge in [-0.2, -0.15) is 0 Å². The summed E-state index contributed by atoms with van der Waals surface area (Å²) in [6, 6.07) is 4.33. The Morgan fingerprint density at radius 1 is 1.10 bits per heavy atom. The van der Waals surface area contributed by atoms with Gasteiger partial charge in [0.05, 0.1) is 6.61 Å². The van der Waals surface area contributed by atoms with Crippen LogP contribution in [0, 0.1) is 5.82 Å². The second kappa shape index (κ2) is 10.2. The zero-order valence-corrected chi connectivity index (χ0v) is 11.3. The van der Waals surface area contributed by atoms with Crippen LogP contribution in [-0.2, 0) is 14.3 Å². The number of hydrogen-bond donors (Lipinski definition) is 1. The highest BCUT2D eigenvalue weighted by atomic mass is 19.1. The average Bonchev–Trinajstić information content (AvgIpc) is 2.43. The van der Waals surface area contributed by atoms with Crippen molar-refractivity contribution in [3.05, 3.63) is 24.0 Å². The minimum Gasteiger partial charge on any atom is -0.490 e. The van der Waals surface area contributed by atoms with Gasteiger partial charge in [-0.1, -0.05) is 0 Å². The number of anilines is 1. The highest BCUT2D eigenvalue weighted by molar-refractivity contribution is 5.50. The summed E-state index contributed by atoms with van der Waals surface area (Å²) in [6.45, 7) is 2.11. The first-order chi connectivity index (χ1) is 9.74. The molecule has 0 aliphatic carbocycles. The van der Waals surface area contributed by atoms with Crippen molar-refractivity contribution in [1.82, 2.24) is 0 Å². The van der Waals surface area contributed by atoms with Gasteiger partial charge in [-0.15, -0.1) is 0 Å². The van der Waals surface area contributed by atoms with Crippen molar-refractivity contribution in [2.45, 2.75) is 12.8 Å². The van der Waals surface area contributed by atoms with Crippen LogP contribution < -0.4 is 10.5 Å². The van der Waals surface area contributed by atoms with Crippen LogP contribution in [-0.4, -0.2) is 39.3 Å². The van der Waals surface area contributed by atoms with Gasteiger partial charge in [0.2, 0.25) is 0 Å². The smallest absolute Gasteiger partial charge is 0.167 e. The minimum absolute atomic E-state index is 0.126. The van der Waals surface area contributed by atoms with Crippen molar-refractivity contribution in [1.29, 1.82) is 0 Å². The second-order valence-corrected chi connectivity index (χ2v) is 4.10.